The van der Waals surface area contributed by atoms with Crippen LogP contribution in [0.25, 0.3) is 0 Å². The van der Waals surface area contributed by atoms with Crippen LogP contribution in [-0.2, 0) is 6.42 Å². The number of thiazole rings is 1. The number of carbonyl (C=O) groups excluding carboxylic acids is 1. The van der Waals surface area contributed by atoms with E-state index in [-0.39, 0.29) is 11.6 Å². The van der Waals surface area contributed by atoms with Gasteiger partial charge in [0.1, 0.15) is 10.7 Å². The van der Waals surface area contributed by atoms with E-state index in [0.717, 1.165) is 18.0 Å². The quantitative estimate of drug-likeness (QED) is 0.503. The van der Waals surface area contributed by atoms with Crippen molar-refractivity contribution in [3.05, 3.63) is 70.1 Å². The summed E-state index contributed by atoms with van der Waals surface area (Å²) < 4.78 is 0. The lowest BCUT2D eigenvalue weighted by molar-refractivity contribution is 0.104. The molecule has 3 aromatic rings. The molecule has 0 unspecified atom stereocenters. The van der Waals surface area contributed by atoms with Crippen molar-refractivity contribution >= 4 is 33.8 Å². The Morgan fingerprint density at radius 3 is 2.47 bits per heavy atom. The Morgan fingerprint density at radius 1 is 1.10 bits per heavy atom. The zero-order chi connectivity index (χ0) is 20.9. The van der Waals surface area contributed by atoms with E-state index in [0.29, 0.717) is 21.1 Å². The second-order valence-electron chi connectivity index (χ2n) is 7.78. The third-order valence-electron chi connectivity index (χ3n) is 5.59. The molecule has 0 spiro atoms. The summed E-state index contributed by atoms with van der Waals surface area (Å²) in [5, 5.41) is 12.7. The van der Waals surface area contributed by atoms with Gasteiger partial charge in [-0.15, -0.1) is 0 Å². The minimum Gasteiger partial charge on any atom is -0.382 e. The van der Waals surface area contributed by atoms with Crippen molar-refractivity contribution in [2.24, 2.45) is 5.92 Å². The van der Waals surface area contributed by atoms with Crippen LogP contribution in [0.3, 0.4) is 0 Å². The van der Waals surface area contributed by atoms with E-state index < -0.39 is 0 Å². The van der Waals surface area contributed by atoms with Gasteiger partial charge in [-0.3, -0.25) is 4.79 Å². The number of hydrogen-bond acceptors (Lipinski definition) is 6. The molecule has 0 atom stereocenters. The molecular weight excluding hydrogens is 392 g/mol. The van der Waals surface area contributed by atoms with Gasteiger partial charge in [0.2, 0.25) is 5.78 Å². The minimum atomic E-state index is -0.189. The van der Waals surface area contributed by atoms with Crippen molar-refractivity contribution < 1.29 is 4.79 Å². The highest BCUT2D eigenvalue weighted by Gasteiger charge is 2.18. The molecule has 1 saturated carbocycles. The molecule has 152 valence electrons. The molecule has 1 fully saturated rings. The number of hydrogen-bond donors (Lipinski definition) is 2. The molecule has 4 rings (SSSR count). The number of nitrogens with two attached hydrogens (primary N) is 1. The lowest BCUT2D eigenvalue weighted by atomic mass is 9.85. The van der Waals surface area contributed by atoms with Crippen LogP contribution in [0.4, 0.5) is 16.6 Å². The predicted molar refractivity (Wildman–Crippen MR) is 121 cm³/mol. The standard InChI is InChI=1S/C24H24N4OS/c25-15-18-6-10-19(11-7-18)21(29)22-23(26)28-24(30-22)27-20-12-8-17(9-13-20)14-16-4-2-1-3-5-16/h6-13,16H,1-5,14,26H2,(H,27,28). The average Bonchev–Trinajstić information content (AvgIpc) is 3.15. The number of rotatable bonds is 6. The van der Waals surface area contributed by atoms with Gasteiger partial charge in [-0.1, -0.05) is 55.6 Å². The summed E-state index contributed by atoms with van der Waals surface area (Å²) in [6.45, 7) is 0. The summed E-state index contributed by atoms with van der Waals surface area (Å²) in [5.74, 6) is 0.836. The van der Waals surface area contributed by atoms with Crippen LogP contribution < -0.4 is 11.1 Å². The van der Waals surface area contributed by atoms with E-state index in [1.54, 1.807) is 24.3 Å². The van der Waals surface area contributed by atoms with E-state index in [1.807, 2.05) is 6.07 Å². The second kappa shape index (κ2) is 9.10. The molecule has 5 nitrogen and oxygen atoms in total. The monoisotopic (exact) mass is 416 g/mol. The summed E-state index contributed by atoms with van der Waals surface area (Å²) in [6.07, 6.45) is 7.93. The molecule has 30 heavy (non-hydrogen) atoms. The molecule has 0 amide bonds. The predicted octanol–water partition coefficient (Wildman–Crippen LogP) is 5.69. The summed E-state index contributed by atoms with van der Waals surface area (Å²) in [7, 11) is 0. The molecule has 1 aliphatic rings. The Kier molecular flexibility index (Phi) is 6.10. The number of nitrogens with zero attached hydrogens (tertiary/aromatic N) is 2. The Hall–Kier alpha value is -3.17. The van der Waals surface area contributed by atoms with Gasteiger partial charge in [0.05, 0.1) is 11.6 Å². The van der Waals surface area contributed by atoms with Gasteiger partial charge in [0.25, 0.3) is 0 Å². The minimum absolute atomic E-state index is 0.189. The summed E-state index contributed by atoms with van der Waals surface area (Å²) >= 11 is 1.24. The lowest BCUT2D eigenvalue weighted by Crippen LogP contribution is -2.09. The molecule has 1 aliphatic carbocycles. The topological polar surface area (TPSA) is 91.8 Å². The fourth-order valence-electron chi connectivity index (χ4n) is 3.95. The molecule has 6 heteroatoms. The first-order valence-corrected chi connectivity index (χ1v) is 11.1. The van der Waals surface area contributed by atoms with E-state index in [4.69, 9.17) is 11.0 Å². The van der Waals surface area contributed by atoms with Crippen molar-refractivity contribution in [2.45, 2.75) is 38.5 Å². The van der Waals surface area contributed by atoms with Gasteiger partial charge >= 0.3 is 0 Å². The Morgan fingerprint density at radius 2 is 1.80 bits per heavy atom. The first kappa shape index (κ1) is 20.1. The SMILES string of the molecule is N#Cc1ccc(C(=O)c2sc(Nc3ccc(CC4CCCCC4)cc3)nc2N)cc1. The van der Waals surface area contributed by atoms with Crippen LogP contribution >= 0.6 is 11.3 Å². The van der Waals surface area contributed by atoms with Crippen LogP contribution in [0.5, 0.6) is 0 Å². The first-order valence-electron chi connectivity index (χ1n) is 10.3. The number of aromatic nitrogens is 1. The number of benzene rings is 2. The molecule has 2 aromatic carbocycles. The number of nitrogen functional groups attached to an aromatic ring is 1. The molecule has 0 bridgehead atoms. The smallest absolute Gasteiger partial charge is 0.206 e. The number of carbonyl (C=O) groups is 1. The fraction of sp³-hybridized carbons (Fsp3) is 0.292. The summed E-state index contributed by atoms with van der Waals surface area (Å²) in [4.78, 5) is 17.5. The molecule has 3 N–H and O–H groups in total. The number of nitriles is 1. The van der Waals surface area contributed by atoms with Crippen molar-refractivity contribution in [3.8, 4) is 6.07 Å². The van der Waals surface area contributed by atoms with Crippen LogP contribution in [0.15, 0.2) is 48.5 Å². The zero-order valence-electron chi connectivity index (χ0n) is 16.7. The van der Waals surface area contributed by atoms with Crippen molar-refractivity contribution in [1.29, 1.82) is 5.26 Å². The van der Waals surface area contributed by atoms with Gasteiger partial charge in [0.15, 0.2) is 5.13 Å². The second-order valence-corrected chi connectivity index (χ2v) is 8.78. The fourth-order valence-corrected chi connectivity index (χ4v) is 4.81. The summed E-state index contributed by atoms with van der Waals surface area (Å²) in [5.41, 5.74) is 9.29. The van der Waals surface area contributed by atoms with E-state index in [1.165, 1.54) is 49.0 Å². The Labute approximate surface area is 180 Å². The van der Waals surface area contributed by atoms with E-state index in [2.05, 4.69) is 34.6 Å². The normalized spacial score (nSPS) is 14.2. The van der Waals surface area contributed by atoms with Crippen LogP contribution in [0.1, 0.15) is 58.5 Å². The highest BCUT2D eigenvalue weighted by atomic mass is 32.1. The van der Waals surface area contributed by atoms with Crippen LogP contribution in [0.2, 0.25) is 0 Å². The molecule has 1 aromatic heterocycles. The van der Waals surface area contributed by atoms with Crippen LogP contribution in [-0.4, -0.2) is 10.8 Å². The molecule has 1 heterocycles. The van der Waals surface area contributed by atoms with Gasteiger partial charge in [-0.05, 0) is 54.3 Å². The van der Waals surface area contributed by atoms with Crippen LogP contribution in [0, 0.1) is 17.2 Å². The van der Waals surface area contributed by atoms with E-state index in [9.17, 15) is 4.79 Å². The van der Waals surface area contributed by atoms with Gasteiger partial charge in [-0.25, -0.2) is 4.98 Å². The largest absolute Gasteiger partial charge is 0.382 e. The Bertz CT molecular complexity index is 1060. The van der Waals surface area contributed by atoms with Crippen molar-refractivity contribution in [3.63, 3.8) is 0 Å². The summed E-state index contributed by atoms with van der Waals surface area (Å²) in [6, 6.07) is 17.0. The van der Waals surface area contributed by atoms with Gasteiger partial charge in [-0.2, -0.15) is 5.26 Å². The molecule has 0 radical (unpaired) electrons. The van der Waals surface area contributed by atoms with Gasteiger partial charge < -0.3 is 11.1 Å². The molecular formula is C24H24N4OS. The van der Waals surface area contributed by atoms with Gasteiger partial charge in [0, 0.05) is 11.3 Å². The number of ketones is 1. The lowest BCUT2D eigenvalue weighted by Gasteiger charge is -2.21. The van der Waals surface area contributed by atoms with E-state index >= 15 is 0 Å². The van der Waals surface area contributed by atoms with Crippen molar-refractivity contribution in [1.82, 2.24) is 4.98 Å². The average molecular weight is 417 g/mol. The molecule has 0 aliphatic heterocycles. The highest BCUT2D eigenvalue weighted by molar-refractivity contribution is 7.18. The highest BCUT2D eigenvalue weighted by Crippen LogP contribution is 2.31. The maximum atomic E-state index is 12.7. The Balaban J connectivity index is 1.42. The molecule has 0 saturated heterocycles. The maximum Gasteiger partial charge on any atom is 0.206 e. The third kappa shape index (κ3) is 4.69. The van der Waals surface area contributed by atoms with Crippen molar-refractivity contribution in [2.75, 3.05) is 11.1 Å². The maximum absolute atomic E-state index is 12.7. The number of nitrogens with one attached hydrogen (secondary N) is 1. The zero-order valence-corrected chi connectivity index (χ0v) is 17.5. The third-order valence-corrected chi connectivity index (χ3v) is 6.58. The first-order chi connectivity index (χ1) is 14.6. The number of anilines is 3.